The fraction of sp³-hybridized carbons (Fsp3) is 0. The molecule has 0 saturated carbocycles. The second-order valence-corrected chi connectivity index (χ2v) is 10.2. The lowest BCUT2D eigenvalue weighted by atomic mass is 10.1. The highest BCUT2D eigenvalue weighted by molar-refractivity contribution is 7.21. The third-order valence-corrected chi connectivity index (χ3v) is 7.02. The smallest absolute Gasteiger partial charge is 0.248 e. The monoisotopic (exact) mass is 558 g/mol. The number of benzene rings is 3. The van der Waals surface area contributed by atoms with Crippen LogP contribution in [0.3, 0.4) is 0 Å². The molecule has 0 atom stereocenters. The van der Waals surface area contributed by atoms with Gasteiger partial charge in [-0.2, -0.15) is 0 Å². The number of carbonyl (C=O) groups excluding carboxylic acids is 1. The fourth-order valence-electron chi connectivity index (χ4n) is 3.47. The normalized spacial score (nSPS) is 11.4. The van der Waals surface area contributed by atoms with Gasteiger partial charge in [0.1, 0.15) is 16.5 Å². The maximum absolute atomic E-state index is 12.8. The molecule has 5 rings (SSSR count). The number of anilines is 1. The summed E-state index contributed by atoms with van der Waals surface area (Å²) in [5.74, 6) is 0.675. The quantitative estimate of drug-likeness (QED) is 0.218. The lowest BCUT2D eigenvalue weighted by molar-refractivity contribution is -0.111. The molecule has 0 aliphatic heterocycles. The summed E-state index contributed by atoms with van der Waals surface area (Å²) in [6.45, 7) is 0. The summed E-state index contributed by atoms with van der Waals surface area (Å²) < 4.78 is 6.83. The van der Waals surface area contributed by atoms with E-state index in [0.29, 0.717) is 47.9 Å². The third kappa shape index (κ3) is 5.40. The molecule has 0 spiro atoms. The molecule has 0 radical (unpaired) electrons. The van der Waals surface area contributed by atoms with Crippen molar-refractivity contribution in [2.24, 2.45) is 0 Å². The number of fused-ring (bicyclic) bond motifs is 1. The molecule has 0 saturated heterocycles. The Balaban J connectivity index is 1.39. The molecule has 0 fully saturated rings. The van der Waals surface area contributed by atoms with Crippen molar-refractivity contribution in [1.29, 1.82) is 0 Å². The average molecular weight is 560 g/mol. The lowest BCUT2D eigenvalue weighted by Gasteiger charge is -2.11. The number of hydrogen-bond donors (Lipinski definition) is 1. The van der Waals surface area contributed by atoms with Gasteiger partial charge in [0.25, 0.3) is 0 Å². The van der Waals surface area contributed by atoms with Crippen LogP contribution in [0.25, 0.3) is 38.2 Å². The average Bonchev–Trinajstić information content (AvgIpc) is 3.46. The van der Waals surface area contributed by atoms with Gasteiger partial charge in [0.05, 0.1) is 20.9 Å². The maximum Gasteiger partial charge on any atom is 0.248 e. The van der Waals surface area contributed by atoms with Gasteiger partial charge in [-0.25, -0.2) is 4.98 Å². The van der Waals surface area contributed by atoms with E-state index in [4.69, 9.17) is 50.8 Å². The topological polar surface area (TPSA) is 55.1 Å². The van der Waals surface area contributed by atoms with Crippen LogP contribution in [0.2, 0.25) is 20.1 Å². The van der Waals surface area contributed by atoms with E-state index in [2.05, 4.69) is 10.3 Å². The van der Waals surface area contributed by atoms with Crippen molar-refractivity contribution in [2.45, 2.75) is 0 Å². The number of para-hydroxylation sites is 1. The molecule has 35 heavy (non-hydrogen) atoms. The minimum atomic E-state index is -0.389. The van der Waals surface area contributed by atoms with Gasteiger partial charge in [0.2, 0.25) is 5.91 Å². The van der Waals surface area contributed by atoms with Crippen LogP contribution < -0.4 is 5.32 Å². The van der Waals surface area contributed by atoms with E-state index in [1.165, 1.54) is 17.4 Å². The number of nitrogens with zero attached hydrogens (tertiary/aromatic N) is 1. The minimum absolute atomic E-state index is 0.312. The molecule has 2 aromatic heterocycles. The summed E-state index contributed by atoms with van der Waals surface area (Å²) in [7, 11) is 0. The zero-order chi connectivity index (χ0) is 24.5. The van der Waals surface area contributed by atoms with E-state index in [1.807, 2.05) is 24.3 Å². The molecule has 0 unspecified atom stereocenters. The van der Waals surface area contributed by atoms with Crippen LogP contribution in [-0.4, -0.2) is 10.9 Å². The molecule has 4 nitrogen and oxygen atoms in total. The van der Waals surface area contributed by atoms with Crippen molar-refractivity contribution < 1.29 is 9.21 Å². The van der Waals surface area contributed by atoms with Crippen molar-refractivity contribution in [3.63, 3.8) is 0 Å². The molecule has 3 aromatic carbocycles. The van der Waals surface area contributed by atoms with Crippen LogP contribution in [0, 0.1) is 0 Å². The zero-order valence-corrected chi connectivity index (χ0v) is 21.5. The van der Waals surface area contributed by atoms with E-state index >= 15 is 0 Å². The van der Waals surface area contributed by atoms with Gasteiger partial charge in [-0.05, 0) is 60.7 Å². The van der Waals surface area contributed by atoms with Crippen molar-refractivity contribution in [1.82, 2.24) is 4.98 Å². The van der Waals surface area contributed by atoms with Gasteiger partial charge in [-0.1, -0.05) is 58.5 Å². The predicted octanol–water partition coefficient (Wildman–Crippen LogP) is 9.49. The summed E-state index contributed by atoms with van der Waals surface area (Å²) in [6.07, 6.45) is 2.92. The van der Waals surface area contributed by atoms with Crippen LogP contribution in [0.15, 0.2) is 77.2 Å². The Morgan fingerprint density at radius 3 is 2.43 bits per heavy atom. The van der Waals surface area contributed by atoms with Gasteiger partial charge in [0.15, 0.2) is 0 Å². The van der Waals surface area contributed by atoms with Gasteiger partial charge in [0, 0.05) is 32.3 Å². The Morgan fingerprint density at radius 1 is 0.914 bits per heavy atom. The van der Waals surface area contributed by atoms with Gasteiger partial charge in [-0.3, -0.25) is 4.79 Å². The molecule has 1 amide bonds. The van der Waals surface area contributed by atoms with Crippen molar-refractivity contribution >= 4 is 85.6 Å². The SMILES string of the molecule is O=C(/C=C/c1ccc(-c2cc(Cl)cc(Cl)c2)o1)Nc1c(Cl)cc(Cl)cc1-c1nc2ccccc2s1. The van der Waals surface area contributed by atoms with Gasteiger partial charge >= 0.3 is 0 Å². The second-order valence-electron chi connectivity index (χ2n) is 7.48. The number of amides is 1. The van der Waals surface area contributed by atoms with Crippen molar-refractivity contribution in [3.05, 3.63) is 98.7 Å². The largest absolute Gasteiger partial charge is 0.457 e. The maximum atomic E-state index is 12.8. The first-order valence-electron chi connectivity index (χ1n) is 10.3. The summed E-state index contributed by atoms with van der Waals surface area (Å²) in [4.78, 5) is 17.4. The van der Waals surface area contributed by atoms with Crippen LogP contribution in [-0.2, 0) is 4.79 Å². The fourth-order valence-corrected chi connectivity index (χ4v) is 5.53. The van der Waals surface area contributed by atoms with E-state index < -0.39 is 0 Å². The Morgan fingerprint density at radius 2 is 1.66 bits per heavy atom. The molecule has 9 heteroatoms. The number of aromatic nitrogens is 1. The van der Waals surface area contributed by atoms with E-state index in [-0.39, 0.29) is 5.91 Å². The second kappa shape index (κ2) is 10.1. The van der Waals surface area contributed by atoms with Crippen LogP contribution >= 0.6 is 57.7 Å². The highest BCUT2D eigenvalue weighted by atomic mass is 35.5. The molecule has 0 aliphatic rings. The number of nitrogens with one attached hydrogen (secondary N) is 1. The molecule has 0 bridgehead atoms. The number of furan rings is 1. The first kappa shape index (κ1) is 23.9. The van der Waals surface area contributed by atoms with Crippen LogP contribution in [0.1, 0.15) is 5.76 Å². The first-order valence-corrected chi connectivity index (χ1v) is 12.6. The number of rotatable bonds is 5. The Labute approximate surface area is 224 Å². The summed E-state index contributed by atoms with van der Waals surface area (Å²) in [5, 5.41) is 5.31. The Bertz CT molecular complexity index is 1550. The lowest BCUT2D eigenvalue weighted by Crippen LogP contribution is -2.09. The molecular formula is C26H14Cl4N2O2S. The van der Waals surface area contributed by atoms with E-state index in [0.717, 1.165) is 15.8 Å². The summed E-state index contributed by atoms with van der Waals surface area (Å²) in [6, 6.07) is 19.8. The summed E-state index contributed by atoms with van der Waals surface area (Å²) in [5.41, 5.74) is 2.66. The van der Waals surface area contributed by atoms with E-state index in [1.54, 1.807) is 48.5 Å². The number of halogens is 4. The molecule has 0 aliphatic carbocycles. The molecule has 2 heterocycles. The highest BCUT2D eigenvalue weighted by Crippen LogP contribution is 2.40. The standard InChI is InChI=1S/C26H14Cl4N2O2S/c27-15-9-14(10-16(28)11-15)22-7-5-18(34-22)6-8-24(33)32-25-19(12-17(29)13-20(25)30)26-31-21-3-1-2-4-23(21)35-26/h1-13H,(H,32,33)/b8-6+. The third-order valence-electron chi connectivity index (χ3n) is 5.00. The molecule has 1 N–H and O–H groups in total. The van der Waals surface area contributed by atoms with Crippen molar-refractivity contribution in [2.75, 3.05) is 5.32 Å². The molecule has 174 valence electrons. The number of thiazole rings is 1. The Kier molecular flexibility index (Phi) is 6.87. The molecular weight excluding hydrogens is 546 g/mol. The van der Waals surface area contributed by atoms with Crippen molar-refractivity contribution in [3.8, 4) is 21.9 Å². The summed E-state index contributed by atoms with van der Waals surface area (Å²) >= 11 is 26.3. The molecule has 5 aromatic rings. The van der Waals surface area contributed by atoms with Crippen LogP contribution in [0.4, 0.5) is 5.69 Å². The minimum Gasteiger partial charge on any atom is -0.457 e. The van der Waals surface area contributed by atoms with Gasteiger partial charge in [-0.15, -0.1) is 11.3 Å². The van der Waals surface area contributed by atoms with Gasteiger partial charge < -0.3 is 9.73 Å². The number of carbonyl (C=O) groups is 1. The Hall–Kier alpha value is -2.80. The van der Waals surface area contributed by atoms with E-state index in [9.17, 15) is 4.79 Å². The highest BCUT2D eigenvalue weighted by Gasteiger charge is 2.16. The zero-order valence-electron chi connectivity index (χ0n) is 17.7. The first-order chi connectivity index (χ1) is 16.9. The number of hydrogen-bond acceptors (Lipinski definition) is 4. The van der Waals surface area contributed by atoms with Crippen LogP contribution in [0.5, 0.6) is 0 Å². The predicted molar refractivity (Wildman–Crippen MR) is 147 cm³/mol.